The normalized spacial score (nSPS) is 10.2. The summed E-state index contributed by atoms with van der Waals surface area (Å²) in [4.78, 5) is 17.6. The first kappa shape index (κ1) is 12.7. The number of nitro benzene ring substituents is 1. The van der Waals surface area contributed by atoms with Crippen molar-refractivity contribution >= 4 is 11.5 Å². The van der Waals surface area contributed by atoms with Crippen LogP contribution in [0.25, 0.3) is 0 Å². The van der Waals surface area contributed by atoms with Gasteiger partial charge >= 0.3 is 0 Å². The standard InChI is InChI=1S/C11H9FN4O3/c12-7-3-8(16(17)18)5-9(4-7)19-6-11-14-2-1-10(13)15-11/h1-5H,6H2,(H2,13,14,15). The van der Waals surface area contributed by atoms with E-state index in [0.29, 0.717) is 5.82 Å². The largest absolute Gasteiger partial charge is 0.485 e. The smallest absolute Gasteiger partial charge is 0.276 e. The summed E-state index contributed by atoms with van der Waals surface area (Å²) in [7, 11) is 0. The molecule has 0 spiro atoms. The van der Waals surface area contributed by atoms with Crippen LogP contribution in [-0.2, 0) is 6.61 Å². The molecule has 0 aliphatic rings. The number of nitrogens with zero attached hydrogens (tertiary/aromatic N) is 3. The van der Waals surface area contributed by atoms with E-state index in [4.69, 9.17) is 10.5 Å². The molecule has 8 heteroatoms. The third-order valence-electron chi connectivity index (χ3n) is 2.16. The Hall–Kier alpha value is -2.77. The van der Waals surface area contributed by atoms with Gasteiger partial charge in [-0.25, -0.2) is 14.4 Å². The van der Waals surface area contributed by atoms with Crippen molar-refractivity contribution in [3.05, 3.63) is 52.2 Å². The molecule has 2 rings (SSSR count). The number of halogens is 1. The second kappa shape index (κ2) is 5.25. The maximum Gasteiger partial charge on any atom is 0.276 e. The number of rotatable bonds is 4. The van der Waals surface area contributed by atoms with Crippen molar-refractivity contribution < 1.29 is 14.1 Å². The van der Waals surface area contributed by atoms with Gasteiger partial charge in [0, 0.05) is 12.3 Å². The van der Waals surface area contributed by atoms with Crippen molar-refractivity contribution in [3.63, 3.8) is 0 Å². The summed E-state index contributed by atoms with van der Waals surface area (Å²) in [6.07, 6.45) is 1.45. The van der Waals surface area contributed by atoms with E-state index < -0.39 is 10.7 Å². The van der Waals surface area contributed by atoms with E-state index in [1.807, 2.05) is 0 Å². The van der Waals surface area contributed by atoms with Crippen molar-refractivity contribution in [1.29, 1.82) is 0 Å². The van der Waals surface area contributed by atoms with Crippen LogP contribution in [0.3, 0.4) is 0 Å². The lowest BCUT2D eigenvalue weighted by atomic mass is 10.3. The zero-order chi connectivity index (χ0) is 13.8. The fourth-order valence-electron chi connectivity index (χ4n) is 1.37. The molecule has 0 aliphatic carbocycles. The van der Waals surface area contributed by atoms with E-state index in [-0.39, 0.29) is 23.9 Å². The molecule has 1 aromatic carbocycles. The van der Waals surface area contributed by atoms with Gasteiger partial charge in [-0.1, -0.05) is 0 Å². The number of hydrogen-bond donors (Lipinski definition) is 1. The Morgan fingerprint density at radius 1 is 1.42 bits per heavy atom. The van der Waals surface area contributed by atoms with Crippen LogP contribution in [0.4, 0.5) is 15.9 Å². The fourth-order valence-corrected chi connectivity index (χ4v) is 1.37. The van der Waals surface area contributed by atoms with E-state index in [9.17, 15) is 14.5 Å². The molecule has 0 fully saturated rings. The summed E-state index contributed by atoms with van der Waals surface area (Å²) in [5.74, 6) is -0.152. The van der Waals surface area contributed by atoms with Gasteiger partial charge in [0.1, 0.15) is 24.0 Å². The highest BCUT2D eigenvalue weighted by molar-refractivity contribution is 5.39. The summed E-state index contributed by atoms with van der Waals surface area (Å²) >= 11 is 0. The topological polar surface area (TPSA) is 104 Å². The molecule has 2 N–H and O–H groups in total. The van der Waals surface area contributed by atoms with Gasteiger partial charge < -0.3 is 10.5 Å². The van der Waals surface area contributed by atoms with Crippen LogP contribution in [0, 0.1) is 15.9 Å². The molecule has 1 heterocycles. The van der Waals surface area contributed by atoms with Crippen LogP contribution in [0.2, 0.25) is 0 Å². The van der Waals surface area contributed by atoms with Crippen LogP contribution in [-0.4, -0.2) is 14.9 Å². The van der Waals surface area contributed by atoms with Gasteiger partial charge in [-0.05, 0) is 6.07 Å². The van der Waals surface area contributed by atoms with Crippen LogP contribution in [0.1, 0.15) is 5.82 Å². The molecule has 19 heavy (non-hydrogen) atoms. The first-order chi connectivity index (χ1) is 9.04. The number of nitro groups is 1. The predicted octanol–water partition coefficient (Wildman–Crippen LogP) is 1.69. The first-order valence-corrected chi connectivity index (χ1v) is 5.20. The molecule has 0 saturated carbocycles. The van der Waals surface area contributed by atoms with Crippen molar-refractivity contribution in [3.8, 4) is 5.75 Å². The molecule has 0 bridgehead atoms. The average molecular weight is 264 g/mol. The number of anilines is 1. The summed E-state index contributed by atoms with van der Waals surface area (Å²) in [5, 5.41) is 10.6. The molecule has 1 aromatic heterocycles. The molecular formula is C11H9FN4O3. The molecule has 2 aromatic rings. The third kappa shape index (κ3) is 3.35. The molecule has 0 amide bonds. The lowest BCUT2D eigenvalue weighted by Crippen LogP contribution is -2.03. The minimum atomic E-state index is -0.752. The van der Waals surface area contributed by atoms with Crippen molar-refractivity contribution in [2.45, 2.75) is 6.61 Å². The van der Waals surface area contributed by atoms with Crippen molar-refractivity contribution in [1.82, 2.24) is 9.97 Å². The van der Waals surface area contributed by atoms with Gasteiger partial charge in [-0.15, -0.1) is 0 Å². The van der Waals surface area contributed by atoms with Gasteiger partial charge in [0.25, 0.3) is 5.69 Å². The van der Waals surface area contributed by atoms with Crippen molar-refractivity contribution in [2.75, 3.05) is 5.73 Å². The molecule has 0 unspecified atom stereocenters. The van der Waals surface area contributed by atoms with E-state index in [0.717, 1.165) is 18.2 Å². The van der Waals surface area contributed by atoms with Crippen molar-refractivity contribution in [2.24, 2.45) is 0 Å². The Morgan fingerprint density at radius 2 is 2.21 bits per heavy atom. The Morgan fingerprint density at radius 3 is 2.89 bits per heavy atom. The Kier molecular flexibility index (Phi) is 3.51. The Labute approximate surface area is 107 Å². The summed E-state index contributed by atoms with van der Waals surface area (Å²) in [5.41, 5.74) is 5.07. The van der Waals surface area contributed by atoms with E-state index in [2.05, 4.69) is 9.97 Å². The maximum atomic E-state index is 13.1. The second-order valence-corrected chi connectivity index (χ2v) is 3.59. The fraction of sp³-hybridized carbons (Fsp3) is 0.0909. The minimum absolute atomic E-state index is 0.0257. The highest BCUT2D eigenvalue weighted by Crippen LogP contribution is 2.22. The highest BCUT2D eigenvalue weighted by atomic mass is 19.1. The lowest BCUT2D eigenvalue weighted by Gasteiger charge is -2.05. The summed E-state index contributed by atoms with van der Waals surface area (Å²) in [6.45, 7) is -0.0638. The minimum Gasteiger partial charge on any atom is -0.485 e. The third-order valence-corrected chi connectivity index (χ3v) is 2.16. The van der Waals surface area contributed by atoms with Gasteiger partial charge in [0.05, 0.1) is 17.1 Å². The molecule has 98 valence electrons. The monoisotopic (exact) mass is 264 g/mol. The number of non-ortho nitro benzene ring substituents is 1. The van der Waals surface area contributed by atoms with E-state index >= 15 is 0 Å². The van der Waals surface area contributed by atoms with Crippen LogP contribution in [0.5, 0.6) is 5.75 Å². The summed E-state index contributed by atoms with van der Waals surface area (Å²) in [6, 6.07) is 4.48. The van der Waals surface area contributed by atoms with E-state index in [1.54, 1.807) is 0 Å². The average Bonchev–Trinajstić information content (AvgIpc) is 2.36. The molecule has 0 atom stereocenters. The SMILES string of the molecule is Nc1ccnc(COc2cc(F)cc([N+](=O)[O-])c2)n1. The number of ether oxygens (including phenoxy) is 1. The number of hydrogen-bond acceptors (Lipinski definition) is 6. The van der Waals surface area contributed by atoms with Gasteiger partial charge in [0.15, 0.2) is 5.82 Å². The van der Waals surface area contributed by atoms with Gasteiger partial charge in [0.2, 0.25) is 0 Å². The Bertz CT molecular complexity index is 621. The maximum absolute atomic E-state index is 13.1. The first-order valence-electron chi connectivity index (χ1n) is 5.20. The molecule has 0 radical (unpaired) electrons. The Balaban J connectivity index is 2.13. The number of aromatic nitrogens is 2. The highest BCUT2D eigenvalue weighted by Gasteiger charge is 2.11. The quantitative estimate of drug-likeness (QED) is 0.665. The van der Waals surface area contributed by atoms with Gasteiger partial charge in [-0.2, -0.15) is 0 Å². The molecule has 0 saturated heterocycles. The lowest BCUT2D eigenvalue weighted by molar-refractivity contribution is -0.385. The molecule has 7 nitrogen and oxygen atoms in total. The van der Waals surface area contributed by atoms with E-state index in [1.165, 1.54) is 12.3 Å². The zero-order valence-corrected chi connectivity index (χ0v) is 9.62. The zero-order valence-electron chi connectivity index (χ0n) is 9.62. The van der Waals surface area contributed by atoms with Gasteiger partial charge in [-0.3, -0.25) is 10.1 Å². The molecular weight excluding hydrogens is 255 g/mol. The number of benzene rings is 1. The van der Waals surface area contributed by atoms with Crippen LogP contribution < -0.4 is 10.5 Å². The van der Waals surface area contributed by atoms with Crippen LogP contribution >= 0.6 is 0 Å². The van der Waals surface area contributed by atoms with Crippen LogP contribution in [0.15, 0.2) is 30.5 Å². The second-order valence-electron chi connectivity index (χ2n) is 3.59. The summed E-state index contributed by atoms with van der Waals surface area (Å²) < 4.78 is 18.3. The number of nitrogens with two attached hydrogens (primary N) is 1. The predicted molar refractivity (Wildman–Crippen MR) is 63.8 cm³/mol. The number of nitrogen functional groups attached to an aromatic ring is 1. The molecule has 0 aliphatic heterocycles.